The Morgan fingerprint density at radius 2 is 2.29 bits per heavy atom. The third-order valence-corrected chi connectivity index (χ3v) is 4.32. The Balaban J connectivity index is 2.20. The molecule has 0 saturated heterocycles. The van der Waals surface area contributed by atoms with E-state index in [1.54, 1.807) is 12.3 Å². The molecule has 1 N–H and O–H groups in total. The molecule has 108 valence electrons. The third kappa shape index (κ3) is 2.31. The minimum Gasteiger partial charge on any atom is -0.351 e. The van der Waals surface area contributed by atoms with E-state index in [9.17, 15) is 9.59 Å². The van der Waals surface area contributed by atoms with Gasteiger partial charge in [-0.3, -0.25) is 14.0 Å². The van der Waals surface area contributed by atoms with E-state index >= 15 is 0 Å². The predicted octanol–water partition coefficient (Wildman–Crippen LogP) is 2.36. The van der Waals surface area contributed by atoms with Gasteiger partial charge in [0.1, 0.15) is 10.5 Å². The molecule has 0 aliphatic heterocycles. The minimum absolute atomic E-state index is 0.135. The van der Waals surface area contributed by atoms with Crippen LogP contribution in [0.5, 0.6) is 0 Å². The molecular weight excluding hydrogens is 286 g/mol. The van der Waals surface area contributed by atoms with Crippen molar-refractivity contribution >= 4 is 33.1 Å². The third-order valence-electron chi connectivity index (χ3n) is 3.29. The van der Waals surface area contributed by atoms with Crippen LogP contribution in [0.4, 0.5) is 0 Å². The van der Waals surface area contributed by atoms with Gasteiger partial charge in [0.15, 0.2) is 0 Å². The molecule has 0 aromatic carbocycles. The SMILES string of the molecule is CCCNC(=O)c1cc2c(=O)n3cccc(C)c3nc2s1. The van der Waals surface area contributed by atoms with Crippen LogP contribution in [0.3, 0.4) is 0 Å². The molecule has 0 radical (unpaired) electrons. The summed E-state index contributed by atoms with van der Waals surface area (Å²) in [5, 5.41) is 3.31. The summed E-state index contributed by atoms with van der Waals surface area (Å²) >= 11 is 1.26. The zero-order valence-corrected chi connectivity index (χ0v) is 12.7. The van der Waals surface area contributed by atoms with Gasteiger partial charge in [0.25, 0.3) is 11.5 Å². The molecule has 0 saturated carbocycles. The van der Waals surface area contributed by atoms with Crippen LogP contribution in [0.1, 0.15) is 28.6 Å². The summed E-state index contributed by atoms with van der Waals surface area (Å²) in [4.78, 5) is 30.2. The molecular formula is C15H15N3O2S. The van der Waals surface area contributed by atoms with E-state index in [0.29, 0.717) is 27.3 Å². The molecule has 3 rings (SSSR count). The molecule has 0 fully saturated rings. The number of aryl methyl sites for hydroxylation is 1. The Morgan fingerprint density at radius 1 is 1.48 bits per heavy atom. The first kappa shape index (κ1) is 13.8. The first-order valence-electron chi connectivity index (χ1n) is 6.81. The molecule has 6 heteroatoms. The van der Waals surface area contributed by atoms with Crippen LogP contribution in [0.2, 0.25) is 0 Å². The fourth-order valence-corrected chi connectivity index (χ4v) is 3.13. The highest BCUT2D eigenvalue weighted by atomic mass is 32.1. The number of pyridine rings is 1. The van der Waals surface area contributed by atoms with Crippen molar-refractivity contribution < 1.29 is 4.79 Å². The summed E-state index contributed by atoms with van der Waals surface area (Å²) < 4.78 is 1.53. The monoisotopic (exact) mass is 301 g/mol. The lowest BCUT2D eigenvalue weighted by atomic mass is 10.3. The first-order valence-corrected chi connectivity index (χ1v) is 7.63. The lowest BCUT2D eigenvalue weighted by molar-refractivity contribution is 0.0958. The molecule has 0 aliphatic rings. The van der Waals surface area contributed by atoms with Gasteiger partial charge in [-0.2, -0.15) is 0 Å². The van der Waals surface area contributed by atoms with Crippen molar-refractivity contribution in [3.8, 4) is 0 Å². The number of aromatic nitrogens is 2. The van der Waals surface area contributed by atoms with Crippen LogP contribution in [0, 0.1) is 6.92 Å². The maximum absolute atomic E-state index is 12.5. The second-order valence-corrected chi connectivity index (χ2v) is 5.92. The number of rotatable bonds is 3. The first-order chi connectivity index (χ1) is 10.1. The number of nitrogens with one attached hydrogen (secondary N) is 1. The van der Waals surface area contributed by atoms with E-state index in [4.69, 9.17) is 0 Å². The van der Waals surface area contributed by atoms with Crippen molar-refractivity contribution in [1.29, 1.82) is 0 Å². The number of amides is 1. The van der Waals surface area contributed by atoms with Crippen molar-refractivity contribution in [1.82, 2.24) is 14.7 Å². The van der Waals surface area contributed by atoms with Gasteiger partial charge in [0.05, 0.1) is 10.3 Å². The summed E-state index contributed by atoms with van der Waals surface area (Å²) in [5.41, 5.74) is 1.43. The Kier molecular flexibility index (Phi) is 3.47. The van der Waals surface area contributed by atoms with Crippen molar-refractivity contribution in [2.45, 2.75) is 20.3 Å². The summed E-state index contributed by atoms with van der Waals surface area (Å²) in [5.74, 6) is -0.148. The summed E-state index contributed by atoms with van der Waals surface area (Å²) in [6.45, 7) is 4.53. The number of nitrogens with zero attached hydrogens (tertiary/aromatic N) is 2. The van der Waals surface area contributed by atoms with Gasteiger partial charge in [0.2, 0.25) is 0 Å². The summed E-state index contributed by atoms with van der Waals surface area (Å²) in [6.07, 6.45) is 2.58. The lowest BCUT2D eigenvalue weighted by Gasteiger charge is -2.02. The van der Waals surface area contributed by atoms with E-state index in [2.05, 4.69) is 10.3 Å². The highest BCUT2D eigenvalue weighted by Crippen LogP contribution is 2.22. The van der Waals surface area contributed by atoms with Crippen molar-refractivity contribution in [2.24, 2.45) is 0 Å². The molecule has 0 atom stereocenters. The smallest absolute Gasteiger partial charge is 0.266 e. The molecule has 3 aromatic rings. The topological polar surface area (TPSA) is 63.5 Å². The van der Waals surface area contributed by atoms with Crippen LogP contribution in [-0.4, -0.2) is 21.8 Å². The fraction of sp³-hybridized carbons (Fsp3) is 0.267. The van der Waals surface area contributed by atoms with Crippen LogP contribution < -0.4 is 10.9 Å². The van der Waals surface area contributed by atoms with E-state index in [1.165, 1.54) is 15.7 Å². The highest BCUT2D eigenvalue weighted by Gasteiger charge is 2.14. The number of carbonyl (C=O) groups is 1. The summed E-state index contributed by atoms with van der Waals surface area (Å²) in [6, 6.07) is 5.36. The Bertz CT molecular complexity index is 895. The maximum atomic E-state index is 12.5. The number of thiophene rings is 1. The second-order valence-electron chi connectivity index (χ2n) is 4.89. The molecule has 0 unspecified atom stereocenters. The van der Waals surface area contributed by atoms with Gasteiger partial charge in [-0.25, -0.2) is 4.98 Å². The van der Waals surface area contributed by atoms with Crippen LogP contribution >= 0.6 is 11.3 Å². The van der Waals surface area contributed by atoms with E-state index in [-0.39, 0.29) is 11.5 Å². The molecule has 5 nitrogen and oxygen atoms in total. The van der Waals surface area contributed by atoms with Gasteiger partial charge in [0, 0.05) is 12.7 Å². The number of fused-ring (bicyclic) bond motifs is 2. The largest absolute Gasteiger partial charge is 0.351 e. The van der Waals surface area contributed by atoms with Crippen molar-refractivity contribution in [3.63, 3.8) is 0 Å². The predicted molar refractivity (Wildman–Crippen MR) is 84.2 cm³/mol. The van der Waals surface area contributed by atoms with Crippen LogP contribution in [0.15, 0.2) is 29.2 Å². The van der Waals surface area contributed by atoms with Gasteiger partial charge >= 0.3 is 0 Å². The van der Waals surface area contributed by atoms with Gasteiger partial charge in [-0.05, 0) is 31.0 Å². The standard InChI is InChI=1S/C15H15N3O2S/c1-3-6-16-13(19)11-8-10-14(21-11)17-12-9(2)5-4-7-18(12)15(10)20/h4-5,7-8H,3,6H2,1-2H3,(H,16,19). The average molecular weight is 301 g/mol. The zero-order valence-electron chi connectivity index (χ0n) is 11.8. The molecule has 0 aliphatic carbocycles. The minimum atomic E-state index is -0.148. The Morgan fingerprint density at radius 3 is 3.05 bits per heavy atom. The average Bonchev–Trinajstić information content (AvgIpc) is 2.91. The lowest BCUT2D eigenvalue weighted by Crippen LogP contribution is -2.22. The van der Waals surface area contributed by atoms with E-state index in [1.807, 2.05) is 26.0 Å². The number of hydrogen-bond acceptors (Lipinski definition) is 4. The molecule has 3 heterocycles. The van der Waals surface area contributed by atoms with Crippen molar-refractivity contribution in [3.05, 3.63) is 45.2 Å². The van der Waals surface area contributed by atoms with Gasteiger partial charge < -0.3 is 5.32 Å². The maximum Gasteiger partial charge on any atom is 0.266 e. The normalized spacial score (nSPS) is 11.1. The second kappa shape index (κ2) is 5.29. The molecule has 1 amide bonds. The van der Waals surface area contributed by atoms with Crippen LogP contribution in [0.25, 0.3) is 15.9 Å². The van der Waals surface area contributed by atoms with Crippen LogP contribution in [-0.2, 0) is 0 Å². The molecule has 0 bridgehead atoms. The van der Waals surface area contributed by atoms with Crippen molar-refractivity contribution in [2.75, 3.05) is 6.54 Å². The molecule has 21 heavy (non-hydrogen) atoms. The quantitative estimate of drug-likeness (QED) is 0.807. The Hall–Kier alpha value is -2.21. The van der Waals surface area contributed by atoms with Gasteiger partial charge in [-0.1, -0.05) is 13.0 Å². The van der Waals surface area contributed by atoms with Gasteiger partial charge in [-0.15, -0.1) is 11.3 Å². The zero-order chi connectivity index (χ0) is 15.0. The van der Waals surface area contributed by atoms with E-state index < -0.39 is 0 Å². The number of carbonyl (C=O) groups excluding carboxylic acids is 1. The molecule has 0 spiro atoms. The fourth-order valence-electron chi connectivity index (χ4n) is 2.20. The highest BCUT2D eigenvalue weighted by molar-refractivity contribution is 7.20. The summed E-state index contributed by atoms with van der Waals surface area (Å²) in [7, 11) is 0. The van der Waals surface area contributed by atoms with E-state index in [0.717, 1.165) is 12.0 Å². The number of hydrogen-bond donors (Lipinski definition) is 1. The Labute approximate surface area is 125 Å². The molecule has 3 aromatic heterocycles.